The van der Waals surface area contributed by atoms with Crippen molar-refractivity contribution in [2.75, 3.05) is 13.2 Å². The highest BCUT2D eigenvalue weighted by molar-refractivity contribution is 8.18. The van der Waals surface area contributed by atoms with Gasteiger partial charge in [0.25, 0.3) is 11.1 Å². The lowest BCUT2D eigenvalue weighted by Crippen LogP contribution is -2.41. The van der Waals surface area contributed by atoms with E-state index in [0.717, 1.165) is 27.8 Å². The van der Waals surface area contributed by atoms with Gasteiger partial charge in [0.2, 0.25) is 5.91 Å². The summed E-state index contributed by atoms with van der Waals surface area (Å²) in [6, 6.07) is 18.4. The molecule has 3 amide bonds. The summed E-state index contributed by atoms with van der Waals surface area (Å²) in [5, 5.41) is 11.9. The van der Waals surface area contributed by atoms with Crippen LogP contribution in [-0.2, 0) is 16.0 Å². The van der Waals surface area contributed by atoms with Gasteiger partial charge in [-0.2, -0.15) is 0 Å². The Bertz CT molecular complexity index is 900. The number of carbonyl (C=O) groups is 3. The summed E-state index contributed by atoms with van der Waals surface area (Å²) in [5.41, 5.74) is 1.84. The molecule has 1 heterocycles. The van der Waals surface area contributed by atoms with Crippen LogP contribution in [-0.4, -0.2) is 46.3 Å². The molecule has 0 saturated carbocycles. The van der Waals surface area contributed by atoms with E-state index in [1.54, 1.807) is 6.08 Å². The number of carbonyl (C=O) groups excluding carboxylic acids is 3. The smallest absolute Gasteiger partial charge is 0.293 e. The van der Waals surface area contributed by atoms with Gasteiger partial charge in [0.1, 0.15) is 0 Å². The molecule has 2 aromatic rings. The fourth-order valence-corrected chi connectivity index (χ4v) is 3.83. The van der Waals surface area contributed by atoms with Crippen molar-refractivity contribution >= 4 is 34.9 Å². The molecule has 0 aromatic heterocycles. The first-order valence-electron chi connectivity index (χ1n) is 9.31. The summed E-state index contributed by atoms with van der Waals surface area (Å²) in [5.74, 6) is -0.703. The molecule has 0 aliphatic carbocycles. The molecule has 1 fully saturated rings. The lowest BCUT2D eigenvalue weighted by molar-refractivity contribution is -0.124. The molecule has 7 heteroatoms. The van der Waals surface area contributed by atoms with Crippen molar-refractivity contribution < 1.29 is 19.5 Å². The molecule has 1 aliphatic rings. The standard InChI is InChI=1S/C22H22N2O4S/c25-15-18(13-16-7-3-1-4-8-16)23-20(26)11-12-24-21(27)19(29-22(24)28)14-17-9-5-2-6-10-17/h1-10,14,18,25H,11-13,15H2,(H,23,26)/t18-/m1/s1. The summed E-state index contributed by atoms with van der Waals surface area (Å²) in [7, 11) is 0. The Labute approximate surface area is 173 Å². The van der Waals surface area contributed by atoms with Crippen molar-refractivity contribution in [1.29, 1.82) is 0 Å². The van der Waals surface area contributed by atoms with Crippen LogP contribution >= 0.6 is 11.8 Å². The molecule has 0 spiro atoms. The van der Waals surface area contributed by atoms with E-state index in [0.29, 0.717) is 11.3 Å². The minimum Gasteiger partial charge on any atom is -0.394 e. The number of hydrogen-bond donors (Lipinski definition) is 2. The fraction of sp³-hybridized carbons (Fsp3) is 0.227. The molecule has 29 heavy (non-hydrogen) atoms. The highest BCUT2D eigenvalue weighted by Crippen LogP contribution is 2.32. The zero-order valence-electron chi connectivity index (χ0n) is 15.8. The highest BCUT2D eigenvalue weighted by Gasteiger charge is 2.35. The number of aliphatic hydroxyl groups excluding tert-OH is 1. The molecular formula is C22H22N2O4S. The number of thioether (sulfide) groups is 1. The van der Waals surface area contributed by atoms with E-state index in [9.17, 15) is 19.5 Å². The number of imide groups is 1. The number of nitrogens with one attached hydrogen (secondary N) is 1. The quantitative estimate of drug-likeness (QED) is 0.654. The summed E-state index contributed by atoms with van der Waals surface area (Å²) >= 11 is 0.875. The Balaban J connectivity index is 1.53. The van der Waals surface area contributed by atoms with Crippen LogP contribution in [0.2, 0.25) is 0 Å². The lowest BCUT2D eigenvalue weighted by Gasteiger charge is -2.18. The minimum absolute atomic E-state index is 0.00607. The van der Waals surface area contributed by atoms with Crippen molar-refractivity contribution in [3.05, 3.63) is 76.7 Å². The zero-order chi connectivity index (χ0) is 20.6. The molecule has 2 N–H and O–H groups in total. The third kappa shape index (κ3) is 5.79. The molecule has 1 aliphatic heterocycles. The maximum Gasteiger partial charge on any atom is 0.293 e. The van der Waals surface area contributed by atoms with Gasteiger partial charge in [-0.3, -0.25) is 19.3 Å². The number of nitrogens with zero attached hydrogens (tertiary/aromatic N) is 1. The van der Waals surface area contributed by atoms with Gasteiger partial charge in [-0.25, -0.2) is 0 Å². The summed E-state index contributed by atoms with van der Waals surface area (Å²) in [4.78, 5) is 38.4. The largest absolute Gasteiger partial charge is 0.394 e. The van der Waals surface area contributed by atoms with E-state index < -0.39 is 6.04 Å². The van der Waals surface area contributed by atoms with Crippen molar-refractivity contribution in [2.24, 2.45) is 0 Å². The molecule has 6 nitrogen and oxygen atoms in total. The second-order valence-electron chi connectivity index (χ2n) is 6.63. The van der Waals surface area contributed by atoms with Crippen LogP contribution in [0.3, 0.4) is 0 Å². The van der Waals surface area contributed by atoms with Gasteiger partial charge in [0, 0.05) is 13.0 Å². The van der Waals surface area contributed by atoms with Crippen LogP contribution in [0.4, 0.5) is 4.79 Å². The third-order valence-electron chi connectivity index (χ3n) is 4.44. The average Bonchev–Trinajstić information content (AvgIpc) is 3.00. The van der Waals surface area contributed by atoms with E-state index in [1.807, 2.05) is 60.7 Å². The van der Waals surface area contributed by atoms with Crippen LogP contribution in [0, 0.1) is 0 Å². The van der Waals surface area contributed by atoms with E-state index in [2.05, 4.69) is 5.32 Å². The lowest BCUT2D eigenvalue weighted by atomic mass is 10.1. The van der Waals surface area contributed by atoms with Gasteiger partial charge in [0.15, 0.2) is 0 Å². The Morgan fingerprint density at radius 1 is 1.07 bits per heavy atom. The van der Waals surface area contributed by atoms with Crippen LogP contribution in [0.1, 0.15) is 17.5 Å². The first-order valence-corrected chi connectivity index (χ1v) is 10.1. The normalized spacial score (nSPS) is 16.3. The Hall–Kier alpha value is -2.90. The number of aliphatic hydroxyl groups is 1. The van der Waals surface area contributed by atoms with Gasteiger partial charge in [-0.1, -0.05) is 60.7 Å². The molecule has 0 bridgehead atoms. The van der Waals surface area contributed by atoms with Crippen LogP contribution < -0.4 is 5.32 Å². The average molecular weight is 410 g/mol. The van der Waals surface area contributed by atoms with Crippen LogP contribution in [0.5, 0.6) is 0 Å². The first kappa shape index (κ1) is 20.8. The van der Waals surface area contributed by atoms with Gasteiger partial charge >= 0.3 is 0 Å². The van der Waals surface area contributed by atoms with Gasteiger partial charge < -0.3 is 10.4 Å². The number of benzene rings is 2. The predicted octanol–water partition coefficient (Wildman–Crippen LogP) is 2.83. The molecular weight excluding hydrogens is 388 g/mol. The topological polar surface area (TPSA) is 86.7 Å². The van der Waals surface area contributed by atoms with E-state index in [4.69, 9.17) is 0 Å². The second-order valence-corrected chi connectivity index (χ2v) is 7.62. The molecule has 150 valence electrons. The maximum atomic E-state index is 12.5. The molecule has 2 aromatic carbocycles. The Morgan fingerprint density at radius 3 is 2.38 bits per heavy atom. The SMILES string of the molecule is O=C(CCN1C(=O)SC(=Cc2ccccc2)C1=O)N[C@@H](CO)Cc1ccccc1. The number of hydrogen-bond acceptors (Lipinski definition) is 5. The van der Waals surface area contributed by atoms with Gasteiger partial charge in [-0.15, -0.1) is 0 Å². The van der Waals surface area contributed by atoms with Gasteiger partial charge in [-0.05, 0) is 35.4 Å². The predicted molar refractivity (Wildman–Crippen MR) is 113 cm³/mol. The monoisotopic (exact) mass is 410 g/mol. The molecule has 3 rings (SSSR count). The summed E-state index contributed by atoms with van der Waals surface area (Å²) < 4.78 is 0. The fourth-order valence-electron chi connectivity index (χ4n) is 2.97. The minimum atomic E-state index is -0.419. The Kier molecular flexibility index (Phi) is 7.21. The maximum absolute atomic E-state index is 12.5. The van der Waals surface area contributed by atoms with Crippen molar-refractivity contribution in [2.45, 2.75) is 18.9 Å². The third-order valence-corrected chi connectivity index (χ3v) is 5.35. The summed E-state index contributed by atoms with van der Waals surface area (Å²) in [6.07, 6.45) is 2.17. The first-order chi connectivity index (χ1) is 14.1. The molecule has 0 radical (unpaired) electrons. The molecule has 0 unspecified atom stereocenters. The van der Waals surface area contributed by atoms with Crippen molar-refractivity contribution in [3.63, 3.8) is 0 Å². The number of rotatable bonds is 8. The van der Waals surface area contributed by atoms with Gasteiger partial charge in [0.05, 0.1) is 17.6 Å². The van der Waals surface area contributed by atoms with E-state index >= 15 is 0 Å². The van der Waals surface area contributed by atoms with E-state index in [-0.39, 0.29) is 36.6 Å². The van der Waals surface area contributed by atoms with Crippen molar-refractivity contribution in [3.8, 4) is 0 Å². The van der Waals surface area contributed by atoms with E-state index in [1.165, 1.54) is 0 Å². The highest BCUT2D eigenvalue weighted by atomic mass is 32.2. The number of amides is 3. The second kappa shape index (κ2) is 10.0. The molecule has 1 saturated heterocycles. The van der Waals surface area contributed by atoms with Crippen molar-refractivity contribution in [1.82, 2.24) is 10.2 Å². The van der Waals surface area contributed by atoms with Crippen LogP contribution in [0.15, 0.2) is 65.6 Å². The molecule has 1 atom stereocenters. The Morgan fingerprint density at radius 2 is 1.72 bits per heavy atom. The van der Waals surface area contributed by atoms with Crippen LogP contribution in [0.25, 0.3) is 6.08 Å². The zero-order valence-corrected chi connectivity index (χ0v) is 16.6. The summed E-state index contributed by atoms with van der Waals surface area (Å²) in [6.45, 7) is -0.186.